The van der Waals surface area contributed by atoms with Gasteiger partial charge in [0, 0.05) is 18.5 Å². The van der Waals surface area contributed by atoms with Crippen molar-refractivity contribution in [1.82, 2.24) is 15.0 Å². The van der Waals surface area contributed by atoms with E-state index in [0.717, 1.165) is 0 Å². The molecule has 2 aromatic rings. The molecule has 0 unspecified atom stereocenters. The lowest BCUT2D eigenvalue weighted by molar-refractivity contribution is 0.0696. The third-order valence-electron chi connectivity index (χ3n) is 1.93. The van der Waals surface area contributed by atoms with Gasteiger partial charge in [-0.3, -0.25) is 4.98 Å². The number of carboxylic acid groups (broad SMARTS) is 1. The van der Waals surface area contributed by atoms with E-state index < -0.39 is 5.97 Å². The van der Waals surface area contributed by atoms with Gasteiger partial charge in [-0.05, 0) is 13.0 Å². The summed E-state index contributed by atoms with van der Waals surface area (Å²) in [6, 6.07) is 2.97. The summed E-state index contributed by atoms with van der Waals surface area (Å²) < 4.78 is 5.37. The molecule has 6 heteroatoms. The zero-order valence-electron chi connectivity index (χ0n) is 8.99. The van der Waals surface area contributed by atoms with Gasteiger partial charge in [0.2, 0.25) is 5.88 Å². The Morgan fingerprint density at radius 1 is 1.41 bits per heavy atom. The molecule has 0 spiro atoms. The Morgan fingerprint density at radius 2 is 2.24 bits per heavy atom. The average Bonchev–Trinajstić information content (AvgIpc) is 2.29. The number of carboxylic acids is 1. The van der Waals surface area contributed by atoms with Crippen molar-refractivity contribution >= 4 is 5.97 Å². The van der Waals surface area contributed by atoms with Crippen LogP contribution in [-0.4, -0.2) is 26.0 Å². The van der Waals surface area contributed by atoms with Crippen molar-refractivity contribution in [3.05, 3.63) is 42.1 Å². The number of aromatic carboxylic acids is 1. The summed E-state index contributed by atoms with van der Waals surface area (Å²) in [6.45, 7) is 1.73. The number of rotatable bonds is 3. The molecule has 2 rings (SSSR count). The first-order valence-electron chi connectivity index (χ1n) is 4.81. The molecule has 0 bridgehead atoms. The van der Waals surface area contributed by atoms with Crippen LogP contribution in [0.3, 0.4) is 0 Å². The lowest BCUT2D eigenvalue weighted by Crippen LogP contribution is -1.98. The molecule has 0 aromatic carbocycles. The molecule has 0 atom stereocenters. The predicted octanol–water partition coefficient (Wildman–Crippen LogP) is 1.67. The van der Waals surface area contributed by atoms with Crippen molar-refractivity contribution in [2.75, 3.05) is 0 Å². The van der Waals surface area contributed by atoms with Gasteiger partial charge in [-0.2, -0.15) is 4.98 Å². The van der Waals surface area contributed by atoms with Crippen LogP contribution in [0.2, 0.25) is 0 Å². The summed E-state index contributed by atoms with van der Waals surface area (Å²) >= 11 is 0. The van der Waals surface area contributed by atoms with E-state index in [1.54, 1.807) is 19.2 Å². The van der Waals surface area contributed by atoms with E-state index in [0.29, 0.717) is 17.5 Å². The van der Waals surface area contributed by atoms with Gasteiger partial charge in [0.05, 0.1) is 11.8 Å². The molecule has 17 heavy (non-hydrogen) atoms. The van der Waals surface area contributed by atoms with Crippen LogP contribution in [0.4, 0.5) is 0 Å². The van der Waals surface area contributed by atoms with Crippen molar-refractivity contribution in [2.24, 2.45) is 0 Å². The minimum Gasteiger partial charge on any atom is -0.478 e. The maximum atomic E-state index is 10.7. The summed E-state index contributed by atoms with van der Waals surface area (Å²) in [5.74, 6) is 0.191. The number of pyridine rings is 1. The van der Waals surface area contributed by atoms with Crippen molar-refractivity contribution in [1.29, 1.82) is 0 Å². The Kier molecular flexibility index (Phi) is 2.95. The standard InChI is InChI=1S/C11H9N3O3/c1-7-13-3-2-10(14-7)17-9-4-8(11(15)16)5-12-6-9/h2-6H,1H3,(H,15,16). The normalized spacial score (nSPS) is 9.94. The van der Waals surface area contributed by atoms with Gasteiger partial charge < -0.3 is 9.84 Å². The summed E-state index contributed by atoms with van der Waals surface area (Å²) in [6.07, 6.45) is 4.23. The minimum absolute atomic E-state index is 0.0632. The highest BCUT2D eigenvalue weighted by atomic mass is 16.5. The first-order valence-corrected chi connectivity index (χ1v) is 4.81. The molecule has 0 fully saturated rings. The average molecular weight is 231 g/mol. The highest BCUT2D eigenvalue weighted by Crippen LogP contribution is 2.18. The number of nitrogens with zero attached hydrogens (tertiary/aromatic N) is 3. The van der Waals surface area contributed by atoms with Gasteiger partial charge in [-0.15, -0.1) is 0 Å². The monoisotopic (exact) mass is 231 g/mol. The molecule has 6 nitrogen and oxygen atoms in total. The number of aryl methyl sites for hydroxylation is 1. The van der Waals surface area contributed by atoms with Gasteiger partial charge in [-0.25, -0.2) is 9.78 Å². The Morgan fingerprint density at radius 3 is 2.94 bits per heavy atom. The SMILES string of the molecule is Cc1nccc(Oc2cncc(C(=O)O)c2)n1. The first-order chi connectivity index (χ1) is 8.15. The Labute approximate surface area is 96.9 Å². The quantitative estimate of drug-likeness (QED) is 0.864. The molecule has 86 valence electrons. The van der Waals surface area contributed by atoms with Crippen LogP contribution in [0.25, 0.3) is 0 Å². The van der Waals surface area contributed by atoms with E-state index in [4.69, 9.17) is 9.84 Å². The maximum Gasteiger partial charge on any atom is 0.337 e. The highest BCUT2D eigenvalue weighted by Gasteiger charge is 2.06. The van der Waals surface area contributed by atoms with E-state index >= 15 is 0 Å². The second-order valence-corrected chi connectivity index (χ2v) is 3.26. The lowest BCUT2D eigenvalue weighted by Gasteiger charge is -2.04. The van der Waals surface area contributed by atoms with Gasteiger partial charge in [-0.1, -0.05) is 0 Å². The molecule has 0 radical (unpaired) electrons. The fourth-order valence-electron chi connectivity index (χ4n) is 1.20. The molecule has 0 aliphatic carbocycles. The summed E-state index contributed by atoms with van der Waals surface area (Å²) in [5, 5.41) is 8.80. The molecule has 1 N–H and O–H groups in total. The van der Waals surface area contributed by atoms with Crippen LogP contribution in [-0.2, 0) is 0 Å². The van der Waals surface area contributed by atoms with Crippen LogP contribution in [0.5, 0.6) is 11.6 Å². The van der Waals surface area contributed by atoms with Crippen LogP contribution < -0.4 is 4.74 Å². The van der Waals surface area contributed by atoms with E-state index in [2.05, 4.69) is 15.0 Å². The minimum atomic E-state index is -1.05. The third-order valence-corrected chi connectivity index (χ3v) is 1.93. The van der Waals surface area contributed by atoms with Crippen LogP contribution in [0, 0.1) is 6.92 Å². The van der Waals surface area contributed by atoms with E-state index in [1.807, 2.05) is 0 Å². The molecular formula is C11H9N3O3. The number of ether oxygens (including phenoxy) is 1. The Hall–Kier alpha value is -2.50. The van der Waals surface area contributed by atoms with Crippen molar-refractivity contribution in [3.8, 4) is 11.6 Å². The third kappa shape index (κ3) is 2.75. The molecule has 0 saturated heterocycles. The largest absolute Gasteiger partial charge is 0.478 e. The summed E-state index contributed by atoms with van der Waals surface area (Å²) in [7, 11) is 0. The molecular weight excluding hydrogens is 222 g/mol. The first kappa shape index (κ1) is 11.0. The zero-order chi connectivity index (χ0) is 12.3. The van der Waals surface area contributed by atoms with E-state index in [-0.39, 0.29) is 5.56 Å². The van der Waals surface area contributed by atoms with Gasteiger partial charge in [0.25, 0.3) is 0 Å². The maximum absolute atomic E-state index is 10.7. The smallest absolute Gasteiger partial charge is 0.337 e. The molecule has 0 saturated carbocycles. The molecule has 2 aromatic heterocycles. The fraction of sp³-hybridized carbons (Fsp3) is 0.0909. The van der Waals surface area contributed by atoms with Crippen LogP contribution in [0.1, 0.15) is 16.2 Å². The van der Waals surface area contributed by atoms with Crippen LogP contribution >= 0.6 is 0 Å². The lowest BCUT2D eigenvalue weighted by atomic mass is 10.3. The van der Waals surface area contributed by atoms with Crippen molar-refractivity contribution in [2.45, 2.75) is 6.92 Å². The Balaban J connectivity index is 2.24. The second-order valence-electron chi connectivity index (χ2n) is 3.26. The summed E-state index contributed by atoms with van der Waals surface area (Å²) in [4.78, 5) is 22.5. The Bertz CT molecular complexity index is 557. The fourth-order valence-corrected chi connectivity index (χ4v) is 1.20. The number of aromatic nitrogens is 3. The predicted molar refractivity (Wildman–Crippen MR) is 58.0 cm³/mol. The number of carbonyl (C=O) groups is 1. The van der Waals surface area contributed by atoms with Crippen LogP contribution in [0.15, 0.2) is 30.7 Å². The van der Waals surface area contributed by atoms with E-state index in [9.17, 15) is 4.79 Å². The van der Waals surface area contributed by atoms with Crippen molar-refractivity contribution in [3.63, 3.8) is 0 Å². The second kappa shape index (κ2) is 4.56. The van der Waals surface area contributed by atoms with Gasteiger partial charge in [0.1, 0.15) is 11.6 Å². The highest BCUT2D eigenvalue weighted by molar-refractivity contribution is 5.87. The van der Waals surface area contributed by atoms with E-state index in [1.165, 1.54) is 18.5 Å². The number of hydrogen-bond acceptors (Lipinski definition) is 5. The summed E-state index contributed by atoms with van der Waals surface area (Å²) in [5.41, 5.74) is 0.0632. The molecule has 0 amide bonds. The van der Waals surface area contributed by atoms with Crippen molar-refractivity contribution < 1.29 is 14.6 Å². The topological polar surface area (TPSA) is 85.2 Å². The molecule has 0 aliphatic rings. The number of hydrogen-bond donors (Lipinski definition) is 1. The molecule has 2 heterocycles. The zero-order valence-corrected chi connectivity index (χ0v) is 8.99. The molecule has 0 aliphatic heterocycles. The van der Waals surface area contributed by atoms with Gasteiger partial charge >= 0.3 is 5.97 Å². The van der Waals surface area contributed by atoms with Gasteiger partial charge in [0.15, 0.2) is 0 Å².